The summed E-state index contributed by atoms with van der Waals surface area (Å²) in [6, 6.07) is 6.34. The molecule has 94 valence electrons. The van der Waals surface area contributed by atoms with Gasteiger partial charge in [-0.15, -0.1) is 0 Å². The lowest BCUT2D eigenvalue weighted by Crippen LogP contribution is -2.07. The van der Waals surface area contributed by atoms with Crippen molar-refractivity contribution in [1.29, 1.82) is 0 Å². The number of benzene rings is 1. The Balaban J connectivity index is 1.88. The fraction of sp³-hybridized carbons (Fsp3) is 0.250. The summed E-state index contributed by atoms with van der Waals surface area (Å²) in [5.74, 6) is 0.660. The van der Waals surface area contributed by atoms with Crippen molar-refractivity contribution in [1.82, 2.24) is 9.36 Å². The van der Waals surface area contributed by atoms with E-state index in [9.17, 15) is 9.18 Å². The van der Waals surface area contributed by atoms with Crippen LogP contribution in [0.2, 0.25) is 0 Å². The Labute approximate surface area is 113 Å². The molecular weight excluding hydrogens is 271 g/mol. The smallest absolute Gasteiger partial charge is 0.170 e. The molecule has 0 saturated heterocycles. The number of hydrogen-bond donors (Lipinski definition) is 0. The van der Waals surface area contributed by atoms with Crippen LogP contribution in [0, 0.1) is 12.7 Å². The molecule has 0 N–H and O–H groups in total. The Bertz CT molecular complexity index is 557. The number of hydrogen-bond acceptors (Lipinski definition) is 5. The molecule has 18 heavy (non-hydrogen) atoms. The van der Waals surface area contributed by atoms with Crippen LogP contribution in [0.5, 0.6) is 0 Å². The van der Waals surface area contributed by atoms with E-state index in [0.29, 0.717) is 17.1 Å². The average molecular weight is 282 g/mol. The first kappa shape index (κ1) is 13.2. The summed E-state index contributed by atoms with van der Waals surface area (Å²) in [5, 5.41) is 0. The van der Waals surface area contributed by atoms with Gasteiger partial charge in [0.05, 0.1) is 5.75 Å². The van der Waals surface area contributed by atoms with Gasteiger partial charge in [-0.2, -0.15) is 4.37 Å². The molecule has 0 saturated carbocycles. The summed E-state index contributed by atoms with van der Waals surface area (Å²) in [7, 11) is 0. The number of rotatable bonds is 5. The zero-order valence-electron chi connectivity index (χ0n) is 9.72. The van der Waals surface area contributed by atoms with Gasteiger partial charge in [0.25, 0.3) is 0 Å². The van der Waals surface area contributed by atoms with E-state index in [4.69, 9.17) is 0 Å². The minimum Gasteiger partial charge on any atom is -0.298 e. The van der Waals surface area contributed by atoms with E-state index >= 15 is 0 Å². The van der Waals surface area contributed by atoms with E-state index in [1.165, 1.54) is 29.4 Å². The first-order valence-electron chi connectivity index (χ1n) is 5.33. The van der Waals surface area contributed by atoms with Crippen LogP contribution in [0.3, 0.4) is 0 Å². The van der Waals surface area contributed by atoms with E-state index in [0.717, 1.165) is 4.34 Å². The lowest BCUT2D eigenvalue weighted by Gasteiger charge is -2.01. The van der Waals surface area contributed by atoms with E-state index in [2.05, 4.69) is 9.36 Å². The fourth-order valence-corrected chi connectivity index (χ4v) is 2.89. The monoisotopic (exact) mass is 282 g/mol. The summed E-state index contributed by atoms with van der Waals surface area (Å²) in [4.78, 5) is 15.9. The van der Waals surface area contributed by atoms with Crippen molar-refractivity contribution in [2.75, 3.05) is 5.75 Å². The molecule has 0 unspecified atom stereocenters. The molecule has 0 aliphatic rings. The highest BCUT2D eigenvalue weighted by Crippen LogP contribution is 2.20. The van der Waals surface area contributed by atoms with Crippen molar-refractivity contribution in [2.24, 2.45) is 0 Å². The van der Waals surface area contributed by atoms with Crippen molar-refractivity contribution < 1.29 is 9.18 Å². The number of carbonyl (C=O) groups is 1. The second kappa shape index (κ2) is 6.06. The predicted octanol–water partition coefficient (Wildman–Crippen LogP) is 2.89. The third-order valence-electron chi connectivity index (χ3n) is 2.21. The molecule has 0 spiro atoms. The SMILES string of the molecule is Cc1nsc(SCC(=O)Cc2ccccc2F)n1. The Morgan fingerprint density at radius 3 is 2.89 bits per heavy atom. The molecule has 0 amide bonds. The van der Waals surface area contributed by atoms with E-state index < -0.39 is 0 Å². The Morgan fingerprint density at radius 1 is 1.44 bits per heavy atom. The zero-order chi connectivity index (χ0) is 13.0. The van der Waals surface area contributed by atoms with E-state index in [-0.39, 0.29) is 18.0 Å². The van der Waals surface area contributed by atoms with Gasteiger partial charge in [-0.3, -0.25) is 4.79 Å². The van der Waals surface area contributed by atoms with Crippen LogP contribution < -0.4 is 0 Å². The molecule has 0 aliphatic heterocycles. The molecule has 2 aromatic rings. The van der Waals surface area contributed by atoms with Gasteiger partial charge in [0.1, 0.15) is 17.4 Å². The van der Waals surface area contributed by atoms with Gasteiger partial charge in [0.2, 0.25) is 0 Å². The lowest BCUT2D eigenvalue weighted by atomic mass is 10.1. The quantitative estimate of drug-likeness (QED) is 0.791. The third kappa shape index (κ3) is 3.61. The van der Waals surface area contributed by atoms with Crippen molar-refractivity contribution in [3.63, 3.8) is 0 Å². The van der Waals surface area contributed by atoms with Crippen molar-refractivity contribution in [3.05, 3.63) is 41.5 Å². The number of carbonyl (C=O) groups excluding carboxylic acids is 1. The number of aromatic nitrogens is 2. The standard InChI is InChI=1S/C12H11FN2OS2/c1-8-14-12(18-15-8)17-7-10(16)6-9-4-2-3-5-11(9)13/h2-5H,6-7H2,1H3. The fourth-order valence-electron chi connectivity index (χ4n) is 1.38. The number of Topliss-reactive ketones (excluding diaryl/α,β-unsaturated/α-hetero) is 1. The van der Waals surface area contributed by atoms with Crippen LogP contribution in [-0.4, -0.2) is 20.9 Å². The largest absolute Gasteiger partial charge is 0.298 e. The Morgan fingerprint density at radius 2 is 2.22 bits per heavy atom. The molecule has 0 fully saturated rings. The van der Waals surface area contributed by atoms with Gasteiger partial charge in [0, 0.05) is 6.42 Å². The van der Waals surface area contributed by atoms with Gasteiger partial charge in [0.15, 0.2) is 4.34 Å². The molecule has 3 nitrogen and oxygen atoms in total. The topological polar surface area (TPSA) is 42.9 Å². The van der Waals surface area contributed by atoms with Crippen LogP contribution in [0.25, 0.3) is 0 Å². The molecule has 1 aromatic heterocycles. The second-order valence-corrected chi connectivity index (χ2v) is 5.68. The Kier molecular flexibility index (Phi) is 4.43. The number of aryl methyl sites for hydroxylation is 1. The predicted molar refractivity (Wildman–Crippen MR) is 70.5 cm³/mol. The highest BCUT2D eigenvalue weighted by Gasteiger charge is 2.09. The van der Waals surface area contributed by atoms with Crippen molar-refractivity contribution >= 4 is 29.1 Å². The number of ketones is 1. The van der Waals surface area contributed by atoms with Crippen molar-refractivity contribution in [2.45, 2.75) is 17.7 Å². The summed E-state index contributed by atoms with van der Waals surface area (Å²) in [5.41, 5.74) is 0.441. The average Bonchev–Trinajstić information content (AvgIpc) is 2.76. The normalized spacial score (nSPS) is 10.6. The molecule has 1 aromatic carbocycles. The maximum absolute atomic E-state index is 13.3. The lowest BCUT2D eigenvalue weighted by molar-refractivity contribution is -0.116. The van der Waals surface area contributed by atoms with Crippen LogP contribution >= 0.6 is 23.3 Å². The van der Waals surface area contributed by atoms with Crippen LogP contribution in [-0.2, 0) is 11.2 Å². The molecule has 0 aliphatic carbocycles. The summed E-state index contributed by atoms with van der Waals surface area (Å²) < 4.78 is 18.1. The number of nitrogens with zero attached hydrogens (tertiary/aromatic N) is 2. The first-order valence-corrected chi connectivity index (χ1v) is 7.09. The molecule has 0 bridgehead atoms. The molecule has 1 heterocycles. The van der Waals surface area contributed by atoms with Gasteiger partial charge < -0.3 is 0 Å². The maximum Gasteiger partial charge on any atom is 0.170 e. The molecule has 0 radical (unpaired) electrons. The van der Waals surface area contributed by atoms with E-state index in [1.807, 2.05) is 6.92 Å². The van der Waals surface area contributed by atoms with Gasteiger partial charge in [-0.25, -0.2) is 9.37 Å². The minimum atomic E-state index is -0.331. The molecule has 6 heteroatoms. The molecule has 2 rings (SSSR count). The van der Waals surface area contributed by atoms with Crippen LogP contribution in [0.15, 0.2) is 28.6 Å². The zero-order valence-corrected chi connectivity index (χ0v) is 11.4. The summed E-state index contributed by atoms with van der Waals surface area (Å²) in [6.45, 7) is 1.81. The highest BCUT2D eigenvalue weighted by molar-refractivity contribution is 8.01. The number of halogens is 1. The van der Waals surface area contributed by atoms with Gasteiger partial charge in [-0.05, 0) is 30.1 Å². The summed E-state index contributed by atoms with van der Waals surface area (Å²) >= 11 is 2.62. The maximum atomic E-state index is 13.3. The Hall–Kier alpha value is -1.27. The third-order valence-corrected chi connectivity index (χ3v) is 4.20. The molecular formula is C12H11FN2OS2. The minimum absolute atomic E-state index is 0.0158. The highest BCUT2D eigenvalue weighted by atomic mass is 32.2. The molecule has 0 atom stereocenters. The van der Waals surface area contributed by atoms with Crippen LogP contribution in [0.1, 0.15) is 11.4 Å². The summed E-state index contributed by atoms with van der Waals surface area (Å²) in [6.07, 6.45) is 0.122. The first-order chi connectivity index (χ1) is 8.65. The van der Waals surface area contributed by atoms with Gasteiger partial charge in [-0.1, -0.05) is 30.0 Å². The number of thioether (sulfide) groups is 1. The van der Waals surface area contributed by atoms with Gasteiger partial charge >= 0.3 is 0 Å². The van der Waals surface area contributed by atoms with E-state index in [1.54, 1.807) is 18.2 Å². The second-order valence-electron chi connectivity index (χ2n) is 3.70. The van der Waals surface area contributed by atoms with Crippen molar-refractivity contribution in [3.8, 4) is 0 Å². The van der Waals surface area contributed by atoms with Crippen LogP contribution in [0.4, 0.5) is 4.39 Å².